The van der Waals surface area contributed by atoms with E-state index in [1.165, 1.54) is 0 Å². The number of hydrogen-bond donors (Lipinski definition) is 2. The molecule has 19 heavy (non-hydrogen) atoms. The molecule has 3 N–H and O–H groups in total. The zero-order valence-corrected chi connectivity index (χ0v) is 12.9. The van der Waals surface area contributed by atoms with Gasteiger partial charge in [0.2, 0.25) is 5.91 Å². The van der Waals surface area contributed by atoms with Gasteiger partial charge in [-0.25, -0.2) is 0 Å². The van der Waals surface area contributed by atoms with Gasteiger partial charge in [0.1, 0.15) is 0 Å². The summed E-state index contributed by atoms with van der Waals surface area (Å²) in [4.78, 5) is 13.8. The van der Waals surface area contributed by atoms with E-state index in [1.807, 2.05) is 0 Å². The SMILES string of the molecule is CCCNC(CN(CCOC)C(CC)CC)C(N)=O. The van der Waals surface area contributed by atoms with Gasteiger partial charge in [0.05, 0.1) is 12.6 Å². The number of nitrogens with one attached hydrogen (secondary N) is 1. The van der Waals surface area contributed by atoms with Gasteiger partial charge in [-0.05, 0) is 25.8 Å². The van der Waals surface area contributed by atoms with Crippen LogP contribution in [0.2, 0.25) is 0 Å². The smallest absolute Gasteiger partial charge is 0.235 e. The maximum absolute atomic E-state index is 11.5. The van der Waals surface area contributed by atoms with E-state index in [9.17, 15) is 4.79 Å². The number of nitrogens with zero attached hydrogens (tertiary/aromatic N) is 1. The lowest BCUT2D eigenvalue weighted by molar-refractivity contribution is -0.120. The van der Waals surface area contributed by atoms with Crippen LogP contribution in [0.4, 0.5) is 0 Å². The fraction of sp³-hybridized carbons (Fsp3) is 0.929. The van der Waals surface area contributed by atoms with Crippen molar-refractivity contribution in [3.05, 3.63) is 0 Å². The van der Waals surface area contributed by atoms with Crippen LogP contribution in [0.1, 0.15) is 40.0 Å². The molecule has 0 spiro atoms. The average Bonchev–Trinajstić information content (AvgIpc) is 2.40. The Morgan fingerprint density at radius 2 is 1.95 bits per heavy atom. The molecule has 1 amide bonds. The van der Waals surface area contributed by atoms with Crippen molar-refractivity contribution in [2.24, 2.45) is 5.73 Å². The molecule has 0 heterocycles. The van der Waals surface area contributed by atoms with Crippen LogP contribution in [0.25, 0.3) is 0 Å². The van der Waals surface area contributed by atoms with E-state index in [2.05, 4.69) is 31.0 Å². The van der Waals surface area contributed by atoms with Crippen LogP contribution in [-0.2, 0) is 9.53 Å². The Labute approximate surface area is 117 Å². The molecule has 0 bridgehead atoms. The Morgan fingerprint density at radius 3 is 2.37 bits per heavy atom. The van der Waals surface area contributed by atoms with Crippen molar-refractivity contribution in [1.29, 1.82) is 0 Å². The third kappa shape index (κ3) is 7.50. The van der Waals surface area contributed by atoms with Gasteiger partial charge in [-0.3, -0.25) is 9.69 Å². The molecule has 0 aromatic rings. The summed E-state index contributed by atoms with van der Waals surface area (Å²) in [5.41, 5.74) is 5.48. The van der Waals surface area contributed by atoms with Gasteiger partial charge in [-0.2, -0.15) is 0 Å². The summed E-state index contributed by atoms with van der Waals surface area (Å²) < 4.78 is 5.16. The molecule has 0 saturated carbocycles. The summed E-state index contributed by atoms with van der Waals surface area (Å²) in [6, 6.07) is 0.192. The van der Waals surface area contributed by atoms with Gasteiger partial charge in [0.15, 0.2) is 0 Å². The second kappa shape index (κ2) is 11.2. The maximum atomic E-state index is 11.5. The number of ether oxygens (including phenoxy) is 1. The largest absolute Gasteiger partial charge is 0.383 e. The average molecular weight is 273 g/mol. The van der Waals surface area contributed by atoms with Crippen molar-refractivity contribution in [2.75, 3.05) is 33.4 Å². The van der Waals surface area contributed by atoms with Crippen LogP contribution >= 0.6 is 0 Å². The van der Waals surface area contributed by atoms with E-state index >= 15 is 0 Å². The Hall–Kier alpha value is -0.650. The molecule has 0 rings (SSSR count). The molecular weight excluding hydrogens is 242 g/mol. The van der Waals surface area contributed by atoms with Gasteiger partial charge in [-0.15, -0.1) is 0 Å². The number of carbonyl (C=O) groups excluding carboxylic acids is 1. The van der Waals surface area contributed by atoms with Crippen LogP contribution < -0.4 is 11.1 Å². The fourth-order valence-electron chi connectivity index (χ4n) is 2.24. The normalized spacial score (nSPS) is 13.2. The number of rotatable bonds is 12. The minimum atomic E-state index is -0.280. The van der Waals surface area contributed by atoms with E-state index in [-0.39, 0.29) is 11.9 Å². The topological polar surface area (TPSA) is 67.6 Å². The zero-order chi connectivity index (χ0) is 14.7. The van der Waals surface area contributed by atoms with Crippen molar-refractivity contribution < 1.29 is 9.53 Å². The second-order valence-electron chi connectivity index (χ2n) is 4.87. The summed E-state index contributed by atoms with van der Waals surface area (Å²) in [7, 11) is 1.70. The second-order valence-corrected chi connectivity index (χ2v) is 4.87. The molecule has 0 aromatic heterocycles. The van der Waals surface area contributed by atoms with Crippen molar-refractivity contribution >= 4 is 5.91 Å². The molecule has 5 heteroatoms. The molecular formula is C14H31N3O2. The Balaban J connectivity index is 4.58. The molecule has 114 valence electrons. The highest BCUT2D eigenvalue weighted by atomic mass is 16.5. The first-order valence-electron chi connectivity index (χ1n) is 7.36. The van der Waals surface area contributed by atoms with E-state index in [1.54, 1.807) is 7.11 Å². The van der Waals surface area contributed by atoms with Crippen molar-refractivity contribution in [3.8, 4) is 0 Å². The van der Waals surface area contributed by atoms with E-state index in [0.29, 0.717) is 19.2 Å². The lowest BCUT2D eigenvalue weighted by Crippen LogP contribution is -2.52. The number of carbonyl (C=O) groups is 1. The number of methoxy groups -OCH3 is 1. The highest BCUT2D eigenvalue weighted by Crippen LogP contribution is 2.09. The van der Waals surface area contributed by atoms with Crippen LogP contribution in [0.5, 0.6) is 0 Å². The molecule has 0 radical (unpaired) electrons. The third-order valence-electron chi connectivity index (χ3n) is 3.44. The summed E-state index contributed by atoms with van der Waals surface area (Å²) >= 11 is 0. The molecule has 1 unspecified atom stereocenters. The highest BCUT2D eigenvalue weighted by molar-refractivity contribution is 5.80. The van der Waals surface area contributed by atoms with Crippen LogP contribution in [0.3, 0.4) is 0 Å². The standard InChI is InChI=1S/C14H31N3O2/c1-5-8-16-13(14(15)18)11-17(9-10-19-4)12(6-2)7-3/h12-13,16H,5-11H2,1-4H3,(H2,15,18). The first-order chi connectivity index (χ1) is 9.10. The fourth-order valence-corrected chi connectivity index (χ4v) is 2.24. The molecule has 0 saturated heterocycles. The zero-order valence-electron chi connectivity index (χ0n) is 12.9. The summed E-state index contributed by atoms with van der Waals surface area (Å²) in [6.45, 7) is 9.41. The number of hydrogen-bond acceptors (Lipinski definition) is 4. The van der Waals surface area contributed by atoms with E-state index in [0.717, 1.165) is 32.4 Å². The van der Waals surface area contributed by atoms with Gasteiger partial charge in [0, 0.05) is 26.2 Å². The molecule has 0 fully saturated rings. The van der Waals surface area contributed by atoms with Crippen molar-refractivity contribution in [2.45, 2.75) is 52.1 Å². The van der Waals surface area contributed by atoms with E-state index < -0.39 is 0 Å². The summed E-state index contributed by atoms with van der Waals surface area (Å²) in [5.74, 6) is -0.276. The monoisotopic (exact) mass is 273 g/mol. The quantitative estimate of drug-likeness (QED) is 0.556. The summed E-state index contributed by atoms with van der Waals surface area (Å²) in [6.07, 6.45) is 3.13. The van der Waals surface area contributed by atoms with E-state index in [4.69, 9.17) is 10.5 Å². The highest BCUT2D eigenvalue weighted by Gasteiger charge is 2.22. The Kier molecular flexibility index (Phi) is 10.8. The summed E-state index contributed by atoms with van der Waals surface area (Å²) in [5, 5.41) is 3.22. The molecule has 0 aliphatic heterocycles. The first kappa shape index (κ1) is 18.4. The van der Waals surface area contributed by atoms with Gasteiger partial charge < -0.3 is 15.8 Å². The predicted octanol–water partition coefficient (Wildman–Crippen LogP) is 0.977. The van der Waals surface area contributed by atoms with Crippen LogP contribution in [-0.4, -0.2) is 56.2 Å². The third-order valence-corrected chi connectivity index (χ3v) is 3.44. The molecule has 0 aliphatic rings. The maximum Gasteiger partial charge on any atom is 0.235 e. The lowest BCUT2D eigenvalue weighted by Gasteiger charge is -2.32. The van der Waals surface area contributed by atoms with Gasteiger partial charge in [-0.1, -0.05) is 20.8 Å². The Morgan fingerprint density at radius 1 is 1.32 bits per heavy atom. The molecule has 5 nitrogen and oxygen atoms in total. The minimum absolute atomic E-state index is 0.276. The van der Waals surface area contributed by atoms with Gasteiger partial charge in [0.25, 0.3) is 0 Å². The predicted molar refractivity (Wildman–Crippen MR) is 79.1 cm³/mol. The molecule has 1 atom stereocenters. The van der Waals surface area contributed by atoms with Crippen molar-refractivity contribution in [1.82, 2.24) is 10.2 Å². The lowest BCUT2D eigenvalue weighted by atomic mass is 10.1. The first-order valence-corrected chi connectivity index (χ1v) is 7.36. The number of amides is 1. The number of nitrogens with two attached hydrogens (primary N) is 1. The molecule has 0 aromatic carbocycles. The number of primary amides is 1. The Bertz CT molecular complexity index is 233. The van der Waals surface area contributed by atoms with Crippen molar-refractivity contribution in [3.63, 3.8) is 0 Å². The van der Waals surface area contributed by atoms with Gasteiger partial charge >= 0.3 is 0 Å². The van der Waals surface area contributed by atoms with Crippen LogP contribution in [0, 0.1) is 0 Å². The molecule has 0 aliphatic carbocycles. The minimum Gasteiger partial charge on any atom is -0.383 e. The van der Waals surface area contributed by atoms with Crippen LogP contribution in [0.15, 0.2) is 0 Å².